The van der Waals surface area contributed by atoms with Gasteiger partial charge in [0.15, 0.2) is 0 Å². The molecule has 1 aliphatic rings. The van der Waals surface area contributed by atoms with Crippen LogP contribution in [0, 0.1) is 13.8 Å². The lowest BCUT2D eigenvalue weighted by molar-refractivity contribution is 0.956. The maximum Gasteiger partial charge on any atom is 0.0397 e. The minimum absolute atomic E-state index is 0. The minimum atomic E-state index is 0. The summed E-state index contributed by atoms with van der Waals surface area (Å²) < 4.78 is 0. The molecule has 0 N–H and O–H groups in total. The van der Waals surface area contributed by atoms with Crippen LogP contribution in [0.1, 0.15) is 39.4 Å². The molecule has 0 radical (unpaired) electrons. The van der Waals surface area contributed by atoms with Crippen LogP contribution in [0.25, 0.3) is 0 Å². The van der Waals surface area contributed by atoms with Gasteiger partial charge in [0.05, 0.1) is 0 Å². The lowest BCUT2D eigenvalue weighted by Crippen LogP contribution is -2.12. The molecule has 0 fully saturated rings. The van der Waals surface area contributed by atoms with Crippen molar-refractivity contribution in [2.45, 2.75) is 41.5 Å². The molecule has 3 rings (SSSR count). The van der Waals surface area contributed by atoms with Gasteiger partial charge in [-0.3, -0.25) is 0 Å². The Balaban J connectivity index is 0. The van der Waals surface area contributed by atoms with Crippen molar-refractivity contribution in [3.05, 3.63) is 65.2 Å². The largest absolute Gasteiger partial charge is 0.374 e. The monoisotopic (exact) mass is 288 g/mol. The molecular weight excluding hydrogens is 254 g/mol. The van der Waals surface area contributed by atoms with Gasteiger partial charge in [0, 0.05) is 20.7 Å². The van der Waals surface area contributed by atoms with Crippen LogP contribution in [0.5, 0.6) is 0 Å². The summed E-state index contributed by atoms with van der Waals surface area (Å²) in [5.74, 6) is 0. The van der Waals surface area contributed by atoms with Gasteiger partial charge in [0.1, 0.15) is 0 Å². The van der Waals surface area contributed by atoms with E-state index in [1.165, 1.54) is 35.3 Å². The average Bonchev–Trinajstić information content (AvgIpc) is 2.83. The number of likely N-dealkylation sites (N-methyl/N-ethyl adjacent to an activating group) is 1. The van der Waals surface area contributed by atoms with Crippen LogP contribution in [0.4, 0.5) is 5.69 Å². The van der Waals surface area contributed by atoms with E-state index in [0.29, 0.717) is 0 Å². The first-order valence-electron chi connectivity index (χ1n) is 7.49. The van der Waals surface area contributed by atoms with Crippen molar-refractivity contribution in [2.24, 2.45) is 0 Å². The van der Waals surface area contributed by atoms with Crippen LogP contribution in [0.3, 0.4) is 0 Å². The quantitative estimate of drug-likeness (QED) is 0.584. The minimum Gasteiger partial charge on any atom is -0.374 e. The number of benzene rings is 2. The lowest BCUT2D eigenvalue weighted by atomic mass is 10.1. The standard InChI is InChI=1S/C10H13N.C7H8.C2H6.CH4.H2/c1-8-3-4-10-9(7-8)5-6-11(10)2;1-7-5-3-2-4-6-7;1-2;;/h3-4,7H,5-6H2,1-2H3;2-6H,1H3;1-2H3;1H4;1H/i;;;;1+1. The molecule has 21 heavy (non-hydrogen) atoms. The Kier molecular flexibility index (Phi) is 9.20. The second-order valence-corrected chi connectivity index (χ2v) is 4.96. The molecule has 118 valence electrons. The Morgan fingerprint density at radius 2 is 1.52 bits per heavy atom. The van der Waals surface area contributed by atoms with Gasteiger partial charge in [-0.05, 0) is 31.9 Å². The fourth-order valence-electron chi connectivity index (χ4n) is 2.23. The molecule has 1 nitrogen and oxygen atoms in total. The Morgan fingerprint density at radius 1 is 0.905 bits per heavy atom. The number of hydrogen-bond donors (Lipinski definition) is 0. The highest BCUT2D eigenvalue weighted by molar-refractivity contribution is 5.58. The molecule has 1 aliphatic heterocycles. The Hall–Kier alpha value is -1.76. The third-order valence-corrected chi connectivity index (χ3v) is 3.30. The molecule has 2 aromatic carbocycles. The van der Waals surface area contributed by atoms with Crippen LogP contribution in [0.2, 0.25) is 0 Å². The molecule has 0 aromatic heterocycles. The predicted molar refractivity (Wildman–Crippen MR) is 99.5 cm³/mol. The fourth-order valence-corrected chi connectivity index (χ4v) is 2.23. The van der Waals surface area contributed by atoms with Gasteiger partial charge in [0.25, 0.3) is 0 Å². The van der Waals surface area contributed by atoms with Crippen LogP contribution in [-0.4, -0.2) is 13.6 Å². The SMILES string of the molecule is C.CC.Cc1ccc2c(c1)CCN2C.Cc1ccccc1.[2HH]. The topological polar surface area (TPSA) is 3.24 Å². The van der Waals surface area contributed by atoms with Gasteiger partial charge < -0.3 is 4.90 Å². The first-order valence-corrected chi connectivity index (χ1v) is 7.49. The summed E-state index contributed by atoms with van der Waals surface area (Å²) in [6.07, 6.45) is 1.22. The summed E-state index contributed by atoms with van der Waals surface area (Å²) in [6.45, 7) is 9.41. The molecule has 1 heteroatoms. The lowest BCUT2D eigenvalue weighted by Gasteiger charge is -2.11. The van der Waals surface area contributed by atoms with E-state index in [1.54, 1.807) is 0 Å². The van der Waals surface area contributed by atoms with Crippen molar-refractivity contribution < 1.29 is 1.43 Å². The summed E-state index contributed by atoms with van der Waals surface area (Å²) in [5.41, 5.74) is 5.62. The molecule has 0 atom stereocenters. The summed E-state index contributed by atoms with van der Waals surface area (Å²) in [7, 11) is 2.15. The highest BCUT2D eigenvalue weighted by Crippen LogP contribution is 2.26. The van der Waals surface area contributed by atoms with Crippen molar-refractivity contribution in [2.75, 3.05) is 18.5 Å². The highest BCUT2D eigenvalue weighted by Gasteiger charge is 2.14. The Bertz CT molecular complexity index is 508. The number of rotatable bonds is 0. The van der Waals surface area contributed by atoms with Crippen LogP contribution >= 0.6 is 0 Å². The van der Waals surface area contributed by atoms with Crippen molar-refractivity contribution in [1.82, 2.24) is 0 Å². The summed E-state index contributed by atoms with van der Waals surface area (Å²) in [6, 6.07) is 17.0. The van der Waals surface area contributed by atoms with Gasteiger partial charge in [0.2, 0.25) is 0 Å². The number of aryl methyl sites for hydroxylation is 2. The molecule has 0 saturated carbocycles. The summed E-state index contributed by atoms with van der Waals surface area (Å²) in [4.78, 5) is 2.31. The smallest absolute Gasteiger partial charge is 0.0397 e. The molecule has 0 aliphatic carbocycles. The van der Waals surface area contributed by atoms with Crippen molar-refractivity contribution in [3.8, 4) is 0 Å². The Labute approximate surface area is 133 Å². The zero-order valence-electron chi connectivity index (χ0n) is 13.5. The van der Waals surface area contributed by atoms with Crippen LogP contribution in [0.15, 0.2) is 48.5 Å². The number of anilines is 1. The van der Waals surface area contributed by atoms with Crippen LogP contribution < -0.4 is 4.90 Å². The van der Waals surface area contributed by atoms with E-state index in [9.17, 15) is 0 Å². The molecule has 0 amide bonds. The highest BCUT2D eigenvalue weighted by atomic mass is 15.1. The molecule has 2 aromatic rings. The van der Waals surface area contributed by atoms with E-state index < -0.39 is 0 Å². The normalized spacial score (nSPS) is 11.2. The van der Waals surface area contributed by atoms with Crippen molar-refractivity contribution in [1.29, 1.82) is 0 Å². The molecular formula is C20H33N. The third kappa shape index (κ3) is 6.03. The Morgan fingerprint density at radius 3 is 2.05 bits per heavy atom. The number of fused-ring (bicyclic) bond motifs is 1. The zero-order chi connectivity index (χ0) is 15.0. The maximum absolute atomic E-state index is 2.31. The van der Waals surface area contributed by atoms with Gasteiger partial charge in [-0.25, -0.2) is 0 Å². The molecule has 0 unspecified atom stereocenters. The second kappa shape index (κ2) is 10.0. The average molecular weight is 288 g/mol. The van der Waals surface area contributed by atoms with E-state index >= 15 is 0 Å². The van der Waals surface area contributed by atoms with Crippen molar-refractivity contribution in [3.63, 3.8) is 0 Å². The second-order valence-electron chi connectivity index (χ2n) is 4.96. The van der Waals surface area contributed by atoms with Crippen LogP contribution in [-0.2, 0) is 6.42 Å². The predicted octanol–water partition coefficient (Wildman–Crippen LogP) is 5.89. The van der Waals surface area contributed by atoms with E-state index in [-0.39, 0.29) is 8.85 Å². The third-order valence-electron chi connectivity index (χ3n) is 3.30. The molecule has 0 saturated heterocycles. The molecule has 1 heterocycles. The van der Waals surface area contributed by atoms with Gasteiger partial charge in [-0.1, -0.05) is 74.9 Å². The summed E-state index contributed by atoms with van der Waals surface area (Å²) >= 11 is 0. The van der Waals surface area contributed by atoms with Gasteiger partial charge >= 0.3 is 0 Å². The number of nitrogens with zero attached hydrogens (tertiary/aromatic N) is 1. The summed E-state index contributed by atoms with van der Waals surface area (Å²) in [5, 5.41) is 0. The molecule has 0 bridgehead atoms. The number of hydrogen-bond acceptors (Lipinski definition) is 1. The van der Waals surface area contributed by atoms with E-state index in [4.69, 9.17) is 0 Å². The first-order chi connectivity index (χ1) is 9.66. The van der Waals surface area contributed by atoms with Crippen molar-refractivity contribution >= 4 is 5.69 Å². The fraction of sp³-hybridized carbons (Fsp3) is 0.400. The van der Waals surface area contributed by atoms with E-state index in [0.717, 1.165) is 0 Å². The molecule has 0 spiro atoms. The van der Waals surface area contributed by atoms with E-state index in [2.05, 4.69) is 56.1 Å². The first kappa shape index (κ1) is 19.2. The van der Waals surface area contributed by atoms with Gasteiger partial charge in [-0.2, -0.15) is 0 Å². The van der Waals surface area contributed by atoms with Gasteiger partial charge in [-0.15, -0.1) is 0 Å². The van der Waals surface area contributed by atoms with E-state index in [1.807, 2.05) is 32.0 Å². The zero-order valence-corrected chi connectivity index (χ0v) is 13.5. The maximum atomic E-state index is 2.31.